The summed E-state index contributed by atoms with van der Waals surface area (Å²) in [5, 5.41) is 8.78. The van der Waals surface area contributed by atoms with E-state index in [9.17, 15) is 14.4 Å². The number of halogens is 2. The molecule has 0 bridgehead atoms. The van der Waals surface area contributed by atoms with E-state index in [4.69, 9.17) is 23.2 Å². The summed E-state index contributed by atoms with van der Waals surface area (Å²) >= 11 is 11.4. The van der Waals surface area contributed by atoms with Crippen molar-refractivity contribution in [3.8, 4) is 0 Å². The van der Waals surface area contributed by atoms with Crippen molar-refractivity contribution in [1.82, 2.24) is 9.78 Å². The second-order valence-electron chi connectivity index (χ2n) is 4.58. The fourth-order valence-corrected chi connectivity index (χ4v) is 2.04. The average molecular weight is 355 g/mol. The molecule has 120 valence electrons. The Balaban J connectivity index is 2.10. The highest BCUT2D eigenvalue weighted by molar-refractivity contribution is 6.41. The monoisotopic (exact) mass is 354 g/mol. The molecule has 0 unspecified atom stereocenters. The molecule has 1 aromatic carbocycles. The Morgan fingerprint density at radius 2 is 1.87 bits per heavy atom. The number of hydrogen-bond acceptors (Lipinski definition) is 4. The Hall–Kier alpha value is -2.38. The highest BCUT2D eigenvalue weighted by atomic mass is 35.5. The van der Waals surface area contributed by atoms with Gasteiger partial charge in [0.05, 0.1) is 11.2 Å². The van der Waals surface area contributed by atoms with E-state index in [1.165, 1.54) is 13.1 Å². The number of benzene rings is 1. The van der Waals surface area contributed by atoms with E-state index >= 15 is 0 Å². The van der Waals surface area contributed by atoms with Crippen LogP contribution in [0, 0.1) is 0 Å². The maximum absolute atomic E-state index is 12.0. The van der Waals surface area contributed by atoms with Gasteiger partial charge >= 0.3 is 0 Å². The normalized spacial score (nSPS) is 10.2. The van der Waals surface area contributed by atoms with Crippen molar-refractivity contribution >= 4 is 46.4 Å². The summed E-state index contributed by atoms with van der Waals surface area (Å²) in [6.45, 7) is 1.06. The highest BCUT2D eigenvalue weighted by Gasteiger charge is 2.11. The fraction of sp³-hybridized carbons (Fsp3) is 0.143. The van der Waals surface area contributed by atoms with E-state index in [0.29, 0.717) is 11.4 Å². The minimum Gasteiger partial charge on any atom is -0.326 e. The molecule has 2 N–H and O–H groups in total. The molecule has 9 heteroatoms. The molecule has 0 atom stereocenters. The van der Waals surface area contributed by atoms with Crippen LogP contribution in [0.3, 0.4) is 0 Å². The summed E-state index contributed by atoms with van der Waals surface area (Å²) in [4.78, 5) is 34.8. The zero-order valence-corrected chi connectivity index (χ0v) is 13.5. The minimum absolute atomic E-state index is 0.0244. The van der Waals surface area contributed by atoms with Gasteiger partial charge in [-0.15, -0.1) is 0 Å². The number of rotatable bonds is 4. The van der Waals surface area contributed by atoms with Crippen molar-refractivity contribution in [1.29, 1.82) is 0 Å². The molecule has 1 aromatic heterocycles. The van der Waals surface area contributed by atoms with E-state index < -0.39 is 11.5 Å². The molecule has 0 saturated carbocycles. The van der Waals surface area contributed by atoms with Crippen LogP contribution in [0.25, 0.3) is 0 Å². The van der Waals surface area contributed by atoms with Gasteiger partial charge < -0.3 is 10.6 Å². The summed E-state index contributed by atoms with van der Waals surface area (Å²) in [6.07, 6.45) is 1.19. The SMILES string of the molecule is CC(=O)Nc1cccc(NC(=O)Cn2ncc(Cl)c(Cl)c2=O)c1. The van der Waals surface area contributed by atoms with Gasteiger partial charge in [0.2, 0.25) is 11.8 Å². The highest BCUT2D eigenvalue weighted by Crippen LogP contribution is 2.16. The molecule has 0 aliphatic rings. The van der Waals surface area contributed by atoms with Crippen molar-refractivity contribution in [2.45, 2.75) is 13.5 Å². The Labute approximate surface area is 141 Å². The molecule has 0 aliphatic carbocycles. The van der Waals surface area contributed by atoms with Crippen molar-refractivity contribution in [3.05, 3.63) is 50.9 Å². The number of nitrogens with one attached hydrogen (secondary N) is 2. The van der Waals surface area contributed by atoms with Gasteiger partial charge in [-0.1, -0.05) is 29.3 Å². The first-order valence-corrected chi connectivity index (χ1v) is 7.21. The average Bonchev–Trinajstić information content (AvgIpc) is 2.47. The van der Waals surface area contributed by atoms with Crippen molar-refractivity contribution in [2.24, 2.45) is 0 Å². The number of carbonyl (C=O) groups is 2. The van der Waals surface area contributed by atoms with Crippen molar-refractivity contribution in [3.63, 3.8) is 0 Å². The maximum atomic E-state index is 12.0. The minimum atomic E-state index is -0.652. The zero-order chi connectivity index (χ0) is 17.0. The summed E-state index contributed by atoms with van der Waals surface area (Å²) in [5.74, 6) is -0.696. The molecule has 0 fully saturated rings. The third-order valence-corrected chi connectivity index (χ3v) is 3.45. The van der Waals surface area contributed by atoms with Crippen LogP contribution in [0.4, 0.5) is 11.4 Å². The molecule has 0 spiro atoms. The quantitative estimate of drug-likeness (QED) is 0.879. The number of nitrogens with zero attached hydrogens (tertiary/aromatic N) is 2. The molecule has 2 rings (SSSR count). The standard InChI is InChI=1S/C14H12Cl2N4O3/c1-8(21)18-9-3-2-4-10(5-9)19-12(22)7-20-14(23)13(16)11(15)6-17-20/h2-6H,7H2,1H3,(H,18,21)(H,19,22). The van der Waals surface area contributed by atoms with Crippen LogP contribution in [0.15, 0.2) is 35.3 Å². The van der Waals surface area contributed by atoms with E-state index in [1.807, 2.05) is 0 Å². The number of carbonyl (C=O) groups excluding carboxylic acids is 2. The topological polar surface area (TPSA) is 93.1 Å². The predicted molar refractivity (Wildman–Crippen MR) is 87.9 cm³/mol. The van der Waals surface area contributed by atoms with Gasteiger partial charge in [0.1, 0.15) is 11.6 Å². The Kier molecular flexibility index (Phi) is 5.36. The van der Waals surface area contributed by atoms with Crippen LogP contribution in [-0.4, -0.2) is 21.6 Å². The molecule has 7 nitrogen and oxygen atoms in total. The lowest BCUT2D eigenvalue weighted by Gasteiger charge is -2.09. The van der Waals surface area contributed by atoms with Crippen LogP contribution < -0.4 is 16.2 Å². The van der Waals surface area contributed by atoms with Crippen LogP contribution >= 0.6 is 23.2 Å². The summed E-state index contributed by atoms with van der Waals surface area (Å²) in [7, 11) is 0. The maximum Gasteiger partial charge on any atom is 0.287 e. The van der Waals surface area contributed by atoms with Gasteiger partial charge in [-0.3, -0.25) is 14.4 Å². The fourth-order valence-electron chi connectivity index (χ4n) is 1.77. The van der Waals surface area contributed by atoms with Crippen LogP contribution in [0.2, 0.25) is 10.0 Å². The molecule has 0 radical (unpaired) electrons. The molecule has 0 saturated heterocycles. The van der Waals surface area contributed by atoms with Crippen molar-refractivity contribution in [2.75, 3.05) is 10.6 Å². The molecule has 2 aromatic rings. The van der Waals surface area contributed by atoms with Gasteiger partial charge in [-0.2, -0.15) is 5.10 Å². The van der Waals surface area contributed by atoms with Gasteiger partial charge in [0.25, 0.3) is 5.56 Å². The number of anilines is 2. The molecule has 1 heterocycles. The van der Waals surface area contributed by atoms with Gasteiger partial charge in [-0.05, 0) is 18.2 Å². The van der Waals surface area contributed by atoms with Gasteiger partial charge in [0, 0.05) is 18.3 Å². The van der Waals surface area contributed by atoms with Crippen LogP contribution in [0.1, 0.15) is 6.92 Å². The number of aromatic nitrogens is 2. The first kappa shape index (κ1) is 17.0. The second kappa shape index (κ2) is 7.26. The lowest BCUT2D eigenvalue weighted by atomic mass is 10.2. The smallest absolute Gasteiger partial charge is 0.287 e. The largest absolute Gasteiger partial charge is 0.326 e. The number of amides is 2. The lowest BCUT2D eigenvalue weighted by Crippen LogP contribution is -2.29. The van der Waals surface area contributed by atoms with Gasteiger partial charge in [-0.25, -0.2) is 4.68 Å². The van der Waals surface area contributed by atoms with Gasteiger partial charge in [0.15, 0.2) is 0 Å². The molecular formula is C14H12Cl2N4O3. The summed E-state index contributed by atoms with van der Waals surface area (Å²) in [6, 6.07) is 6.59. The van der Waals surface area contributed by atoms with E-state index in [-0.39, 0.29) is 22.5 Å². The number of hydrogen-bond donors (Lipinski definition) is 2. The summed E-state index contributed by atoms with van der Waals surface area (Å²) in [5.41, 5.74) is 0.357. The van der Waals surface area contributed by atoms with Crippen LogP contribution in [-0.2, 0) is 16.1 Å². The molecular weight excluding hydrogens is 343 g/mol. The van der Waals surface area contributed by atoms with Crippen molar-refractivity contribution < 1.29 is 9.59 Å². The third-order valence-electron chi connectivity index (χ3n) is 2.70. The molecule has 0 aliphatic heterocycles. The van der Waals surface area contributed by atoms with E-state index in [2.05, 4.69) is 15.7 Å². The second-order valence-corrected chi connectivity index (χ2v) is 5.36. The zero-order valence-electron chi connectivity index (χ0n) is 12.0. The molecule has 2 amide bonds. The van der Waals surface area contributed by atoms with Crippen LogP contribution in [0.5, 0.6) is 0 Å². The summed E-state index contributed by atoms with van der Waals surface area (Å²) < 4.78 is 0.904. The Morgan fingerprint density at radius 3 is 2.52 bits per heavy atom. The lowest BCUT2D eigenvalue weighted by molar-refractivity contribution is -0.117. The third kappa shape index (κ3) is 4.54. The predicted octanol–water partition coefficient (Wildman–Crippen LogP) is 2.15. The first-order valence-electron chi connectivity index (χ1n) is 6.45. The van der Waals surface area contributed by atoms with E-state index in [1.54, 1.807) is 24.3 Å². The molecule has 23 heavy (non-hydrogen) atoms. The van der Waals surface area contributed by atoms with E-state index in [0.717, 1.165) is 4.68 Å². The Morgan fingerprint density at radius 1 is 1.22 bits per heavy atom. The first-order chi connectivity index (χ1) is 10.9. The Bertz CT molecular complexity index is 820.